The van der Waals surface area contributed by atoms with Crippen molar-refractivity contribution in [3.05, 3.63) is 90.3 Å². The molecule has 2 aromatic carbocycles. The van der Waals surface area contributed by atoms with E-state index in [9.17, 15) is 29.1 Å². The Morgan fingerprint density at radius 2 is 1.24 bits per heavy atom. The fourth-order valence-electron chi connectivity index (χ4n) is 6.71. The van der Waals surface area contributed by atoms with E-state index in [1.54, 1.807) is 27.0 Å². The van der Waals surface area contributed by atoms with Crippen molar-refractivity contribution in [2.45, 2.75) is 103 Å². The van der Waals surface area contributed by atoms with Gasteiger partial charge in [-0.3, -0.25) is 24.0 Å². The van der Waals surface area contributed by atoms with Gasteiger partial charge in [0, 0.05) is 69.9 Å². The predicted molar refractivity (Wildman–Crippen MR) is 210 cm³/mol. The molecule has 3 heterocycles. The Morgan fingerprint density at radius 3 is 1.82 bits per heavy atom. The van der Waals surface area contributed by atoms with E-state index in [1.807, 2.05) is 81.7 Å². The molecule has 292 valence electrons. The van der Waals surface area contributed by atoms with Gasteiger partial charge >= 0.3 is 5.97 Å². The number of amides is 3. The van der Waals surface area contributed by atoms with Gasteiger partial charge in [-0.25, -0.2) is 4.98 Å². The molecule has 0 unspecified atom stereocenters. The van der Waals surface area contributed by atoms with Crippen molar-refractivity contribution < 1.29 is 29.1 Å². The van der Waals surface area contributed by atoms with Crippen LogP contribution in [0.2, 0.25) is 0 Å². The van der Waals surface area contributed by atoms with Crippen molar-refractivity contribution in [1.82, 2.24) is 41.2 Å². The summed E-state index contributed by atoms with van der Waals surface area (Å²) in [5.41, 5.74) is 2.75. The number of hydrogen-bond donors (Lipinski definition) is 8. The Kier molecular flexibility index (Phi) is 12.6. The molecule has 14 heteroatoms. The molecule has 0 saturated heterocycles. The number of carboxylic acid groups (broad SMARTS) is 1. The molecule has 0 aliphatic rings. The third-order valence-electron chi connectivity index (χ3n) is 9.40. The van der Waals surface area contributed by atoms with Crippen LogP contribution in [0.15, 0.2) is 73.4 Å². The van der Waals surface area contributed by atoms with Crippen LogP contribution in [-0.4, -0.2) is 84.2 Å². The summed E-state index contributed by atoms with van der Waals surface area (Å²) in [6, 6.07) is 11.0. The number of nitrogens with one attached hydrogen (secondary N) is 7. The number of nitrogens with zero attached hydrogens (tertiary/aromatic N) is 1. The van der Waals surface area contributed by atoms with Crippen LogP contribution >= 0.6 is 0 Å². The number of hydrogen-bond acceptors (Lipinski definition) is 7. The van der Waals surface area contributed by atoms with Crippen molar-refractivity contribution in [3.63, 3.8) is 0 Å². The number of fused-ring (bicyclic) bond motifs is 2. The lowest BCUT2D eigenvalue weighted by Gasteiger charge is -2.30. The van der Waals surface area contributed by atoms with Crippen LogP contribution < -0.4 is 21.3 Å². The van der Waals surface area contributed by atoms with E-state index in [4.69, 9.17) is 0 Å². The standard InChI is InChI=1S/C41H52N8O6/c1-40(2,3)36(52)32(17-25-21-44-30-14-10-8-12-28(25)30)47-38(54)33(18-26-22-42-23-45-26)48-37(53)31(16-15-24-20-43-29-13-9-7-11-27(24)29)46-39(55)34(19-35(50)51)49-41(4,5)6/h7-14,20-23,31-34,43-44,49H,15-19H2,1-6H3,(H,42,45)(H,46,55)(H,47,54)(H,48,53)(H,50,51)/t31-,32-,33-,34-/m0/s1. The minimum absolute atomic E-state index is 0.0113. The topological polar surface area (TPSA) is 214 Å². The molecule has 0 radical (unpaired) electrons. The van der Waals surface area contributed by atoms with E-state index in [2.05, 4.69) is 41.2 Å². The van der Waals surface area contributed by atoms with Gasteiger partial charge in [0.25, 0.3) is 0 Å². The summed E-state index contributed by atoms with van der Waals surface area (Å²) >= 11 is 0. The minimum atomic E-state index is -1.18. The molecular formula is C41H52N8O6. The second kappa shape index (κ2) is 17.1. The lowest BCUT2D eigenvalue weighted by atomic mass is 9.84. The highest BCUT2D eigenvalue weighted by Gasteiger charge is 2.35. The zero-order chi connectivity index (χ0) is 39.9. The van der Waals surface area contributed by atoms with Gasteiger partial charge in [-0.05, 0) is 56.9 Å². The molecule has 0 bridgehead atoms. The Labute approximate surface area is 320 Å². The van der Waals surface area contributed by atoms with Crippen LogP contribution in [0.1, 0.15) is 71.2 Å². The second-order valence-corrected chi connectivity index (χ2v) is 16.1. The first-order valence-corrected chi connectivity index (χ1v) is 18.5. The minimum Gasteiger partial charge on any atom is -0.481 e. The zero-order valence-electron chi connectivity index (χ0n) is 32.2. The van der Waals surface area contributed by atoms with Crippen LogP contribution in [-0.2, 0) is 43.2 Å². The SMILES string of the molecule is CC(C)(C)N[C@@H](CC(=O)O)C(=O)N[C@@H](CCc1c[nH]c2ccccc12)C(=O)N[C@@H](Cc1cnc[nH]1)C(=O)N[C@@H](Cc1c[nH]c2ccccc12)C(=O)C(C)(C)C. The highest BCUT2D eigenvalue weighted by molar-refractivity contribution is 5.97. The average molecular weight is 753 g/mol. The van der Waals surface area contributed by atoms with Gasteiger partial charge in [-0.15, -0.1) is 0 Å². The molecule has 0 spiro atoms. The molecule has 5 rings (SSSR count). The molecular weight excluding hydrogens is 701 g/mol. The number of carbonyl (C=O) groups excluding carboxylic acids is 4. The average Bonchev–Trinajstić information content (AvgIpc) is 3.88. The number of imidazole rings is 1. The van der Waals surface area contributed by atoms with E-state index in [1.165, 1.54) is 6.33 Å². The monoisotopic (exact) mass is 752 g/mol. The van der Waals surface area contributed by atoms with Crippen molar-refractivity contribution in [3.8, 4) is 0 Å². The molecule has 0 fully saturated rings. The molecule has 0 saturated carbocycles. The van der Waals surface area contributed by atoms with Gasteiger partial charge in [0.15, 0.2) is 5.78 Å². The van der Waals surface area contributed by atoms with Gasteiger partial charge in [-0.1, -0.05) is 57.2 Å². The van der Waals surface area contributed by atoms with E-state index in [0.717, 1.165) is 32.9 Å². The number of carbonyl (C=O) groups is 5. The number of Topliss-reactive ketones (excluding diaryl/α,β-unsaturated/α-hetero) is 1. The number of H-pyrrole nitrogens is 3. The smallest absolute Gasteiger partial charge is 0.305 e. The number of carboxylic acids is 1. The number of rotatable bonds is 17. The summed E-state index contributed by atoms with van der Waals surface area (Å²) in [5, 5.41) is 23.1. The molecule has 3 aromatic heterocycles. The largest absolute Gasteiger partial charge is 0.481 e. The van der Waals surface area contributed by atoms with Gasteiger partial charge in [-0.2, -0.15) is 0 Å². The molecule has 0 aliphatic carbocycles. The highest BCUT2D eigenvalue weighted by Crippen LogP contribution is 2.24. The Morgan fingerprint density at radius 1 is 0.691 bits per heavy atom. The Bertz CT molecular complexity index is 2120. The first kappa shape index (κ1) is 40.4. The van der Waals surface area contributed by atoms with Crippen LogP contribution in [0.4, 0.5) is 0 Å². The Hall–Kier alpha value is -5.76. The predicted octanol–water partition coefficient (Wildman–Crippen LogP) is 4.09. The third-order valence-corrected chi connectivity index (χ3v) is 9.40. The number of benzene rings is 2. The number of aryl methyl sites for hydroxylation is 1. The van der Waals surface area contributed by atoms with E-state index in [0.29, 0.717) is 12.1 Å². The van der Waals surface area contributed by atoms with Crippen molar-refractivity contribution in [2.24, 2.45) is 5.41 Å². The van der Waals surface area contributed by atoms with Gasteiger partial charge in [0.2, 0.25) is 17.7 Å². The lowest BCUT2D eigenvalue weighted by molar-refractivity contribution is -0.140. The summed E-state index contributed by atoms with van der Waals surface area (Å²) in [4.78, 5) is 81.4. The van der Waals surface area contributed by atoms with Crippen LogP contribution in [0.5, 0.6) is 0 Å². The van der Waals surface area contributed by atoms with Crippen molar-refractivity contribution >= 4 is 51.3 Å². The van der Waals surface area contributed by atoms with Gasteiger partial charge < -0.3 is 41.3 Å². The number of para-hydroxylation sites is 2. The van der Waals surface area contributed by atoms with Crippen molar-refractivity contribution in [2.75, 3.05) is 0 Å². The summed E-state index contributed by atoms with van der Waals surface area (Å²) in [5.74, 6) is -3.27. The van der Waals surface area contributed by atoms with E-state index in [-0.39, 0.29) is 25.0 Å². The fraction of sp³-hybridized carbons (Fsp3) is 0.415. The first-order chi connectivity index (χ1) is 26.0. The van der Waals surface area contributed by atoms with Crippen molar-refractivity contribution in [1.29, 1.82) is 0 Å². The number of aliphatic carboxylic acids is 1. The molecule has 0 aliphatic heterocycles. The summed E-state index contributed by atoms with van der Waals surface area (Å²) in [6.45, 7) is 10.8. The maximum Gasteiger partial charge on any atom is 0.305 e. The normalized spacial score (nSPS) is 14.2. The molecule has 55 heavy (non-hydrogen) atoms. The van der Waals surface area contributed by atoms with Crippen LogP contribution in [0.3, 0.4) is 0 Å². The lowest BCUT2D eigenvalue weighted by Crippen LogP contribution is -2.59. The second-order valence-electron chi connectivity index (χ2n) is 16.1. The molecule has 5 aromatic rings. The first-order valence-electron chi connectivity index (χ1n) is 18.5. The quantitative estimate of drug-likeness (QED) is 0.0691. The third kappa shape index (κ3) is 10.9. The number of ketones is 1. The number of aromatic amines is 3. The summed E-state index contributed by atoms with van der Waals surface area (Å²) in [7, 11) is 0. The molecule has 3 amide bonds. The molecule has 8 N–H and O–H groups in total. The number of aromatic nitrogens is 4. The fourth-order valence-corrected chi connectivity index (χ4v) is 6.71. The maximum absolute atomic E-state index is 14.3. The van der Waals surface area contributed by atoms with Crippen LogP contribution in [0, 0.1) is 5.41 Å². The Balaban J connectivity index is 1.42. The highest BCUT2D eigenvalue weighted by atomic mass is 16.4. The zero-order valence-corrected chi connectivity index (χ0v) is 32.2. The summed E-state index contributed by atoms with van der Waals surface area (Å²) < 4.78 is 0. The van der Waals surface area contributed by atoms with Crippen LogP contribution in [0.25, 0.3) is 21.8 Å². The van der Waals surface area contributed by atoms with Gasteiger partial charge in [0.05, 0.1) is 24.8 Å². The van der Waals surface area contributed by atoms with Gasteiger partial charge in [0.1, 0.15) is 12.1 Å². The summed E-state index contributed by atoms with van der Waals surface area (Å²) in [6.07, 6.45) is 6.92. The maximum atomic E-state index is 14.3. The van der Waals surface area contributed by atoms with E-state index >= 15 is 0 Å². The van der Waals surface area contributed by atoms with E-state index < -0.39 is 65.2 Å². The molecule has 14 nitrogen and oxygen atoms in total. The molecule has 4 atom stereocenters.